The third-order valence-corrected chi connectivity index (χ3v) is 4.72. The van der Waals surface area contributed by atoms with Crippen LogP contribution in [0.25, 0.3) is 0 Å². The molecule has 2 rings (SSSR count). The van der Waals surface area contributed by atoms with Crippen LogP contribution >= 0.6 is 0 Å². The van der Waals surface area contributed by atoms with E-state index in [1.165, 1.54) is 0 Å². The fraction of sp³-hybridized carbons (Fsp3) is 0.778. The fourth-order valence-corrected chi connectivity index (χ4v) is 3.43. The van der Waals surface area contributed by atoms with Crippen molar-refractivity contribution >= 4 is 5.91 Å². The lowest BCUT2D eigenvalue weighted by Gasteiger charge is -2.23. The number of carbonyl (C=O) groups is 1. The standard InChI is InChI=1S/C18H31N3O3/c1-13(2)10-15(4-7-22)11-19-18(23)17-12-20-21(14(17)3)16-5-8-24-9-6-16/h12-13,15-16,22H,4-11H2,1-3H3,(H,19,23). The first-order valence-corrected chi connectivity index (χ1v) is 9.03. The molecule has 1 saturated heterocycles. The average molecular weight is 337 g/mol. The summed E-state index contributed by atoms with van der Waals surface area (Å²) in [4.78, 5) is 12.5. The van der Waals surface area contributed by atoms with Crippen molar-refractivity contribution in [1.82, 2.24) is 15.1 Å². The van der Waals surface area contributed by atoms with Gasteiger partial charge in [-0.2, -0.15) is 5.10 Å². The molecule has 1 aromatic heterocycles. The van der Waals surface area contributed by atoms with Gasteiger partial charge >= 0.3 is 0 Å². The average Bonchev–Trinajstić information content (AvgIpc) is 2.94. The van der Waals surface area contributed by atoms with Crippen LogP contribution in [0.5, 0.6) is 0 Å². The molecule has 0 spiro atoms. The highest BCUT2D eigenvalue weighted by Gasteiger charge is 2.22. The molecule has 1 fully saturated rings. The van der Waals surface area contributed by atoms with E-state index in [1.54, 1.807) is 6.20 Å². The van der Waals surface area contributed by atoms with Crippen molar-refractivity contribution in [2.75, 3.05) is 26.4 Å². The minimum absolute atomic E-state index is 0.0718. The molecule has 2 N–H and O–H groups in total. The third-order valence-electron chi connectivity index (χ3n) is 4.72. The van der Waals surface area contributed by atoms with Gasteiger partial charge in [-0.05, 0) is 44.4 Å². The molecule has 0 bridgehead atoms. The molecular formula is C18H31N3O3. The predicted octanol–water partition coefficient (Wildman–Crippen LogP) is 2.32. The van der Waals surface area contributed by atoms with Gasteiger partial charge in [-0.3, -0.25) is 9.48 Å². The number of amides is 1. The number of hydrogen-bond donors (Lipinski definition) is 2. The Kier molecular flexibility index (Phi) is 7.24. The number of aliphatic hydroxyl groups excluding tert-OH is 1. The smallest absolute Gasteiger partial charge is 0.254 e. The first-order valence-electron chi connectivity index (χ1n) is 9.03. The van der Waals surface area contributed by atoms with Crippen LogP contribution in [0.3, 0.4) is 0 Å². The Morgan fingerprint density at radius 2 is 2.17 bits per heavy atom. The Morgan fingerprint density at radius 1 is 1.46 bits per heavy atom. The first-order chi connectivity index (χ1) is 11.5. The number of nitrogens with one attached hydrogen (secondary N) is 1. The van der Waals surface area contributed by atoms with Crippen LogP contribution in [0.2, 0.25) is 0 Å². The third kappa shape index (κ3) is 5.05. The van der Waals surface area contributed by atoms with Crippen LogP contribution in [-0.4, -0.2) is 47.2 Å². The zero-order chi connectivity index (χ0) is 17.5. The van der Waals surface area contributed by atoms with Gasteiger partial charge in [0.15, 0.2) is 0 Å². The summed E-state index contributed by atoms with van der Waals surface area (Å²) in [6, 6.07) is 0.323. The van der Waals surface area contributed by atoms with Gasteiger partial charge in [0.2, 0.25) is 0 Å². The highest BCUT2D eigenvalue weighted by Crippen LogP contribution is 2.23. The second-order valence-electron chi connectivity index (χ2n) is 7.15. The molecule has 1 aromatic rings. The van der Waals surface area contributed by atoms with Gasteiger partial charge in [0.1, 0.15) is 0 Å². The van der Waals surface area contributed by atoms with E-state index in [2.05, 4.69) is 24.3 Å². The zero-order valence-electron chi connectivity index (χ0n) is 15.1. The van der Waals surface area contributed by atoms with Gasteiger partial charge in [-0.25, -0.2) is 0 Å². The van der Waals surface area contributed by atoms with E-state index in [0.717, 1.165) is 44.6 Å². The van der Waals surface area contributed by atoms with Crippen molar-refractivity contribution in [1.29, 1.82) is 0 Å². The van der Waals surface area contributed by atoms with E-state index in [-0.39, 0.29) is 12.5 Å². The Labute approximate surface area is 144 Å². The summed E-state index contributed by atoms with van der Waals surface area (Å²) in [6.45, 7) is 8.54. The maximum Gasteiger partial charge on any atom is 0.254 e. The SMILES string of the molecule is Cc1c(C(=O)NCC(CCO)CC(C)C)cnn1C1CCOCC1. The quantitative estimate of drug-likeness (QED) is 0.763. The second-order valence-corrected chi connectivity index (χ2v) is 7.15. The maximum atomic E-state index is 12.5. The zero-order valence-corrected chi connectivity index (χ0v) is 15.1. The largest absolute Gasteiger partial charge is 0.396 e. The minimum atomic E-state index is -0.0718. The molecule has 1 aliphatic heterocycles. The fourth-order valence-electron chi connectivity index (χ4n) is 3.43. The van der Waals surface area contributed by atoms with Crippen molar-refractivity contribution in [3.8, 4) is 0 Å². The van der Waals surface area contributed by atoms with Crippen LogP contribution in [0.15, 0.2) is 6.20 Å². The number of hydrogen-bond acceptors (Lipinski definition) is 4. The number of rotatable bonds is 8. The highest BCUT2D eigenvalue weighted by atomic mass is 16.5. The molecular weight excluding hydrogens is 306 g/mol. The van der Waals surface area contributed by atoms with Crippen molar-refractivity contribution in [2.45, 2.75) is 52.5 Å². The van der Waals surface area contributed by atoms with Gasteiger partial charge in [-0.15, -0.1) is 0 Å². The first kappa shape index (κ1) is 18.9. The molecule has 6 heteroatoms. The molecule has 0 saturated carbocycles. The summed E-state index contributed by atoms with van der Waals surface area (Å²) < 4.78 is 7.36. The number of aliphatic hydroxyl groups is 1. The predicted molar refractivity (Wildman–Crippen MR) is 93.0 cm³/mol. The van der Waals surface area contributed by atoms with Gasteiger partial charge < -0.3 is 15.2 Å². The van der Waals surface area contributed by atoms with Crippen molar-refractivity contribution in [3.05, 3.63) is 17.5 Å². The van der Waals surface area contributed by atoms with Crippen LogP contribution in [0.4, 0.5) is 0 Å². The highest BCUT2D eigenvalue weighted by molar-refractivity contribution is 5.95. The molecule has 0 radical (unpaired) electrons. The van der Waals surface area contributed by atoms with Crippen LogP contribution < -0.4 is 5.32 Å². The second kappa shape index (κ2) is 9.18. The maximum absolute atomic E-state index is 12.5. The number of ether oxygens (including phenoxy) is 1. The Bertz CT molecular complexity index is 522. The summed E-state index contributed by atoms with van der Waals surface area (Å²) in [5, 5.41) is 16.6. The van der Waals surface area contributed by atoms with E-state index in [4.69, 9.17) is 4.74 Å². The summed E-state index contributed by atoms with van der Waals surface area (Å²) in [5.41, 5.74) is 1.57. The minimum Gasteiger partial charge on any atom is -0.396 e. The van der Waals surface area contributed by atoms with Crippen LogP contribution in [0.1, 0.15) is 61.6 Å². The van der Waals surface area contributed by atoms with Crippen LogP contribution in [0, 0.1) is 18.8 Å². The number of nitrogens with zero attached hydrogens (tertiary/aromatic N) is 2. The van der Waals surface area contributed by atoms with E-state index in [0.29, 0.717) is 30.0 Å². The normalized spacial score (nSPS) is 17.2. The Balaban J connectivity index is 1.95. The molecule has 0 aliphatic carbocycles. The molecule has 2 heterocycles. The molecule has 24 heavy (non-hydrogen) atoms. The van der Waals surface area contributed by atoms with E-state index in [9.17, 15) is 9.90 Å². The summed E-state index contributed by atoms with van der Waals surface area (Å²) in [6.07, 6.45) is 5.27. The molecule has 1 unspecified atom stereocenters. The lowest BCUT2D eigenvalue weighted by Crippen LogP contribution is -2.31. The van der Waals surface area contributed by atoms with E-state index >= 15 is 0 Å². The van der Waals surface area contributed by atoms with Crippen molar-refractivity contribution in [3.63, 3.8) is 0 Å². The summed E-state index contributed by atoms with van der Waals surface area (Å²) >= 11 is 0. The summed E-state index contributed by atoms with van der Waals surface area (Å²) in [7, 11) is 0. The molecule has 136 valence electrons. The van der Waals surface area contributed by atoms with Crippen molar-refractivity contribution < 1.29 is 14.6 Å². The van der Waals surface area contributed by atoms with Gasteiger partial charge in [-0.1, -0.05) is 13.8 Å². The Morgan fingerprint density at radius 3 is 2.79 bits per heavy atom. The Hall–Kier alpha value is -1.40. The topological polar surface area (TPSA) is 76.4 Å². The summed E-state index contributed by atoms with van der Waals surface area (Å²) in [5.74, 6) is 0.791. The number of carbonyl (C=O) groups excluding carboxylic acids is 1. The van der Waals surface area contributed by atoms with Crippen LogP contribution in [-0.2, 0) is 4.74 Å². The molecule has 1 aliphatic rings. The van der Waals surface area contributed by atoms with E-state index < -0.39 is 0 Å². The molecule has 6 nitrogen and oxygen atoms in total. The molecule has 1 atom stereocenters. The molecule has 0 aromatic carbocycles. The lowest BCUT2D eigenvalue weighted by molar-refractivity contribution is 0.0656. The van der Waals surface area contributed by atoms with Gasteiger partial charge in [0.05, 0.1) is 17.8 Å². The van der Waals surface area contributed by atoms with Gasteiger partial charge in [0, 0.05) is 32.1 Å². The van der Waals surface area contributed by atoms with Crippen molar-refractivity contribution in [2.24, 2.45) is 11.8 Å². The molecule has 1 amide bonds. The number of aromatic nitrogens is 2. The lowest BCUT2D eigenvalue weighted by atomic mass is 9.94. The van der Waals surface area contributed by atoms with Gasteiger partial charge in [0.25, 0.3) is 5.91 Å². The van der Waals surface area contributed by atoms with E-state index in [1.807, 2.05) is 11.6 Å². The monoisotopic (exact) mass is 337 g/mol.